The second kappa shape index (κ2) is 4.06. The van der Waals surface area contributed by atoms with Gasteiger partial charge in [0.1, 0.15) is 0 Å². The maximum absolute atomic E-state index is 11.0. The Balaban J connectivity index is 1.87. The van der Waals surface area contributed by atoms with Crippen LogP contribution in [0.4, 0.5) is 5.69 Å². The maximum atomic E-state index is 11.0. The number of nitrogens with zero attached hydrogens (tertiary/aromatic N) is 1. The van der Waals surface area contributed by atoms with Gasteiger partial charge in [-0.15, -0.1) is 0 Å². The van der Waals surface area contributed by atoms with E-state index < -0.39 is 5.97 Å². The van der Waals surface area contributed by atoms with E-state index in [1.54, 1.807) is 0 Å². The lowest BCUT2D eigenvalue weighted by Gasteiger charge is -2.21. The van der Waals surface area contributed by atoms with E-state index in [4.69, 9.17) is 5.11 Å². The van der Waals surface area contributed by atoms with Gasteiger partial charge in [-0.3, -0.25) is 4.79 Å². The van der Waals surface area contributed by atoms with Gasteiger partial charge in [-0.25, -0.2) is 0 Å². The molecule has 3 rings (SSSR count). The highest BCUT2D eigenvalue weighted by Crippen LogP contribution is 2.50. The second-order valence-electron chi connectivity index (χ2n) is 5.04. The third-order valence-electron chi connectivity index (χ3n) is 3.89. The van der Waals surface area contributed by atoms with E-state index in [0.29, 0.717) is 0 Å². The first-order chi connectivity index (χ1) is 8.27. The number of hydrogen-bond donors (Lipinski definition) is 1. The summed E-state index contributed by atoms with van der Waals surface area (Å²) in [5.41, 5.74) is 2.50. The number of para-hydroxylation sites is 1. The standard InChI is InChI=1S/C14H17NO2/c16-14(17)12-9-11(12)10-5-1-2-6-13(10)15-7-3-4-8-15/h1-2,5-6,11-12H,3-4,7-9H2,(H,16,17)/t11-,12+/m0/s1. The molecule has 0 aromatic heterocycles. The van der Waals surface area contributed by atoms with Crippen LogP contribution in [0.3, 0.4) is 0 Å². The summed E-state index contributed by atoms with van der Waals surface area (Å²) < 4.78 is 0. The van der Waals surface area contributed by atoms with E-state index in [9.17, 15) is 4.79 Å². The molecule has 90 valence electrons. The molecule has 2 atom stereocenters. The molecule has 1 saturated heterocycles. The van der Waals surface area contributed by atoms with Crippen LogP contribution >= 0.6 is 0 Å². The predicted molar refractivity (Wildman–Crippen MR) is 66.4 cm³/mol. The van der Waals surface area contributed by atoms with Crippen molar-refractivity contribution in [2.24, 2.45) is 5.92 Å². The van der Waals surface area contributed by atoms with Crippen molar-refractivity contribution >= 4 is 11.7 Å². The van der Waals surface area contributed by atoms with Gasteiger partial charge in [-0.2, -0.15) is 0 Å². The Hall–Kier alpha value is -1.51. The number of benzene rings is 1. The number of anilines is 1. The zero-order valence-electron chi connectivity index (χ0n) is 9.80. The lowest BCUT2D eigenvalue weighted by atomic mass is 10.1. The number of hydrogen-bond acceptors (Lipinski definition) is 2. The molecule has 1 aliphatic heterocycles. The molecule has 0 amide bonds. The smallest absolute Gasteiger partial charge is 0.307 e. The minimum atomic E-state index is -0.647. The van der Waals surface area contributed by atoms with Gasteiger partial charge < -0.3 is 10.0 Å². The van der Waals surface area contributed by atoms with E-state index >= 15 is 0 Å². The van der Waals surface area contributed by atoms with Gasteiger partial charge in [0.25, 0.3) is 0 Å². The van der Waals surface area contributed by atoms with E-state index in [1.807, 2.05) is 6.07 Å². The summed E-state index contributed by atoms with van der Waals surface area (Å²) in [6.45, 7) is 2.23. The third-order valence-corrected chi connectivity index (χ3v) is 3.89. The monoisotopic (exact) mass is 231 g/mol. The molecule has 2 fully saturated rings. The Bertz CT molecular complexity index is 438. The minimum absolute atomic E-state index is 0.154. The van der Waals surface area contributed by atoms with Gasteiger partial charge in [-0.1, -0.05) is 18.2 Å². The lowest BCUT2D eigenvalue weighted by Crippen LogP contribution is -2.19. The summed E-state index contributed by atoms with van der Waals surface area (Å²) in [4.78, 5) is 13.4. The Morgan fingerprint density at radius 2 is 1.94 bits per heavy atom. The lowest BCUT2D eigenvalue weighted by molar-refractivity contribution is -0.138. The average molecular weight is 231 g/mol. The Labute approximate surface area is 101 Å². The quantitative estimate of drug-likeness (QED) is 0.868. The molecule has 0 radical (unpaired) electrons. The SMILES string of the molecule is O=C(O)[C@@H]1C[C@H]1c1ccccc1N1CCCC1. The van der Waals surface area contributed by atoms with Crippen molar-refractivity contribution in [2.45, 2.75) is 25.2 Å². The van der Waals surface area contributed by atoms with Gasteiger partial charge >= 0.3 is 5.97 Å². The fourth-order valence-corrected chi connectivity index (χ4v) is 2.86. The van der Waals surface area contributed by atoms with Crippen molar-refractivity contribution in [2.75, 3.05) is 18.0 Å². The van der Waals surface area contributed by atoms with Crippen molar-refractivity contribution in [3.8, 4) is 0 Å². The number of rotatable bonds is 3. The average Bonchev–Trinajstić information content (AvgIpc) is 2.96. The molecule has 1 aliphatic carbocycles. The van der Waals surface area contributed by atoms with E-state index in [-0.39, 0.29) is 11.8 Å². The zero-order valence-corrected chi connectivity index (χ0v) is 9.80. The van der Waals surface area contributed by atoms with Crippen LogP contribution in [0.1, 0.15) is 30.7 Å². The van der Waals surface area contributed by atoms with Crippen molar-refractivity contribution in [3.63, 3.8) is 0 Å². The summed E-state index contributed by atoms with van der Waals surface area (Å²) >= 11 is 0. The van der Waals surface area contributed by atoms with Crippen LogP contribution < -0.4 is 4.90 Å². The highest BCUT2D eigenvalue weighted by molar-refractivity contribution is 5.76. The van der Waals surface area contributed by atoms with Crippen molar-refractivity contribution in [3.05, 3.63) is 29.8 Å². The Kier molecular flexibility index (Phi) is 2.54. The number of aliphatic carboxylic acids is 1. The minimum Gasteiger partial charge on any atom is -0.481 e. The number of carboxylic acid groups (broad SMARTS) is 1. The maximum Gasteiger partial charge on any atom is 0.307 e. The van der Waals surface area contributed by atoms with Crippen LogP contribution in [0.2, 0.25) is 0 Å². The summed E-state index contributed by atoms with van der Waals surface area (Å²) in [5, 5.41) is 9.03. The molecule has 1 N–H and O–H groups in total. The van der Waals surface area contributed by atoms with Gasteiger partial charge in [-0.05, 0) is 30.9 Å². The van der Waals surface area contributed by atoms with E-state index in [1.165, 1.54) is 24.1 Å². The van der Waals surface area contributed by atoms with E-state index in [2.05, 4.69) is 23.1 Å². The molecule has 1 saturated carbocycles. The molecule has 1 aromatic carbocycles. The molecule has 3 nitrogen and oxygen atoms in total. The molecule has 0 unspecified atom stereocenters. The topological polar surface area (TPSA) is 40.5 Å². The first-order valence-electron chi connectivity index (χ1n) is 6.34. The van der Waals surface area contributed by atoms with Crippen molar-refractivity contribution in [1.29, 1.82) is 0 Å². The zero-order chi connectivity index (χ0) is 11.8. The molecule has 0 spiro atoms. The third kappa shape index (κ3) is 1.90. The number of carboxylic acids is 1. The summed E-state index contributed by atoms with van der Waals surface area (Å²) in [7, 11) is 0. The van der Waals surface area contributed by atoms with Crippen LogP contribution in [0.5, 0.6) is 0 Å². The highest BCUT2D eigenvalue weighted by Gasteiger charge is 2.45. The molecule has 17 heavy (non-hydrogen) atoms. The molecule has 1 aromatic rings. The van der Waals surface area contributed by atoms with Gasteiger partial charge in [0.2, 0.25) is 0 Å². The summed E-state index contributed by atoms with van der Waals surface area (Å²) in [6, 6.07) is 8.31. The van der Waals surface area contributed by atoms with E-state index in [0.717, 1.165) is 19.5 Å². The Morgan fingerprint density at radius 1 is 1.24 bits per heavy atom. The predicted octanol–water partition coefficient (Wildman–Crippen LogP) is 2.47. The van der Waals surface area contributed by atoms with Gasteiger partial charge in [0, 0.05) is 24.7 Å². The van der Waals surface area contributed by atoms with Crippen LogP contribution in [-0.4, -0.2) is 24.2 Å². The van der Waals surface area contributed by atoms with Crippen molar-refractivity contribution in [1.82, 2.24) is 0 Å². The second-order valence-corrected chi connectivity index (χ2v) is 5.04. The molecular formula is C14H17NO2. The van der Waals surface area contributed by atoms with Crippen LogP contribution in [0.25, 0.3) is 0 Å². The molecule has 0 bridgehead atoms. The molecule has 1 heterocycles. The summed E-state index contributed by atoms with van der Waals surface area (Å²) in [5.74, 6) is -0.561. The highest BCUT2D eigenvalue weighted by atomic mass is 16.4. The largest absolute Gasteiger partial charge is 0.481 e. The van der Waals surface area contributed by atoms with Crippen LogP contribution in [0, 0.1) is 5.92 Å². The first kappa shape index (κ1) is 10.6. The molecular weight excluding hydrogens is 214 g/mol. The first-order valence-corrected chi connectivity index (χ1v) is 6.34. The molecule has 3 heteroatoms. The normalized spacial score (nSPS) is 27.2. The molecule has 2 aliphatic rings. The Morgan fingerprint density at radius 3 is 2.59 bits per heavy atom. The van der Waals surface area contributed by atoms with Gasteiger partial charge in [0.15, 0.2) is 0 Å². The van der Waals surface area contributed by atoms with Crippen LogP contribution in [0.15, 0.2) is 24.3 Å². The number of carbonyl (C=O) groups is 1. The van der Waals surface area contributed by atoms with Crippen molar-refractivity contribution < 1.29 is 9.90 Å². The fraction of sp³-hybridized carbons (Fsp3) is 0.500. The van der Waals surface area contributed by atoms with Gasteiger partial charge in [0.05, 0.1) is 5.92 Å². The van der Waals surface area contributed by atoms with Crippen LogP contribution in [-0.2, 0) is 4.79 Å². The summed E-state index contributed by atoms with van der Waals surface area (Å²) in [6.07, 6.45) is 3.31. The fourth-order valence-electron chi connectivity index (χ4n) is 2.86.